The Bertz CT molecular complexity index is 2340. The van der Waals surface area contributed by atoms with Crippen LogP contribution in [-0.4, -0.2) is 64.0 Å². The van der Waals surface area contributed by atoms with Gasteiger partial charge in [-0.2, -0.15) is 0 Å². The minimum Gasteiger partial charge on any atom is -0.404 e. The monoisotopic (exact) mass is 991 g/mol. The minimum atomic E-state index is -3.13. The molecule has 378 valence electrons. The number of rotatable bonds is 26. The maximum absolute atomic E-state index is 12.7. The van der Waals surface area contributed by atoms with Gasteiger partial charge in [0.2, 0.25) is 0 Å². The second-order valence-corrected chi connectivity index (χ2v) is 30.3. The zero-order valence-electron chi connectivity index (χ0n) is 44.0. The fourth-order valence-electron chi connectivity index (χ4n) is 10.5. The van der Waals surface area contributed by atoms with E-state index < -0.39 is 34.9 Å². The van der Waals surface area contributed by atoms with Gasteiger partial charge >= 0.3 is 0 Å². The molecule has 6 aromatic rings. The van der Waals surface area contributed by atoms with E-state index in [0.29, 0.717) is 45.5 Å². The molecule has 6 rings (SSSR count). The molecule has 6 aromatic carbocycles. The molecule has 6 atom stereocenters. The number of ether oxygens (including phenoxy) is 2. The van der Waals surface area contributed by atoms with E-state index in [1.165, 1.54) is 10.4 Å². The molecule has 6 nitrogen and oxygen atoms in total. The first-order valence-corrected chi connectivity index (χ1v) is 29.7. The third-order valence-corrected chi connectivity index (χ3v) is 24.1. The summed E-state index contributed by atoms with van der Waals surface area (Å²) in [6.45, 7) is 21.7. The van der Waals surface area contributed by atoms with Crippen LogP contribution in [0.15, 0.2) is 194 Å². The number of hydrogen-bond donors (Lipinski definition) is 2. The van der Waals surface area contributed by atoms with Crippen LogP contribution in [0.3, 0.4) is 0 Å². The van der Waals surface area contributed by atoms with Crippen LogP contribution in [0.2, 0.25) is 10.1 Å². The van der Waals surface area contributed by atoms with E-state index in [9.17, 15) is 10.2 Å². The van der Waals surface area contributed by atoms with Gasteiger partial charge in [-0.1, -0.05) is 256 Å². The van der Waals surface area contributed by atoms with Gasteiger partial charge in [0.1, 0.15) is 0 Å². The maximum atomic E-state index is 12.7. The molecule has 0 unspecified atom stereocenters. The Labute approximate surface area is 429 Å². The highest BCUT2D eigenvalue weighted by molar-refractivity contribution is 7.00. The molecule has 0 saturated heterocycles. The highest BCUT2D eigenvalue weighted by Crippen LogP contribution is 2.41. The lowest BCUT2D eigenvalue weighted by atomic mass is 9.93. The second kappa shape index (κ2) is 26.3. The molecule has 0 fully saturated rings. The van der Waals surface area contributed by atoms with Gasteiger partial charge < -0.3 is 28.5 Å². The SMILES string of the molecule is CC(C)[C@H](OCc1ccccc1)[C@@H](C)/C=C/[C@H](O)C[C@@H](C[C@@H](O)C[C@H](CCOCc1ccccc1)O[Si](c1ccccc1)(c1ccccc1)C(C)(C)C)O[Si](c1ccccc1)(c1ccccc1)C(C)(C)C. The molecule has 0 spiro atoms. The first-order valence-electron chi connectivity index (χ1n) is 25.9. The topological polar surface area (TPSA) is 77.4 Å². The highest BCUT2D eigenvalue weighted by atomic mass is 28.4. The Hall–Kier alpha value is -4.75. The summed E-state index contributed by atoms with van der Waals surface area (Å²) in [5, 5.41) is 29.0. The molecule has 0 aromatic heterocycles. The Morgan fingerprint density at radius 3 is 1.23 bits per heavy atom. The van der Waals surface area contributed by atoms with Crippen molar-refractivity contribution in [2.75, 3.05) is 6.61 Å². The number of aliphatic hydroxyl groups is 2. The molecule has 0 bridgehead atoms. The molecular formula is C63H82O6Si2. The van der Waals surface area contributed by atoms with Crippen molar-refractivity contribution in [1.29, 1.82) is 0 Å². The van der Waals surface area contributed by atoms with Gasteiger partial charge in [0.05, 0.1) is 43.7 Å². The zero-order chi connectivity index (χ0) is 50.9. The minimum absolute atomic E-state index is 0.0403. The van der Waals surface area contributed by atoms with Crippen LogP contribution in [-0.2, 0) is 31.5 Å². The molecule has 0 heterocycles. The van der Waals surface area contributed by atoms with Gasteiger partial charge in [0.25, 0.3) is 16.6 Å². The molecular weight excluding hydrogens is 909 g/mol. The first kappa shape index (κ1) is 55.6. The fourth-order valence-corrected chi connectivity index (χ4v) is 19.9. The lowest BCUT2D eigenvalue weighted by Gasteiger charge is -2.46. The van der Waals surface area contributed by atoms with Crippen molar-refractivity contribution >= 4 is 37.4 Å². The normalized spacial score (nSPS) is 15.3. The molecule has 0 aliphatic carbocycles. The van der Waals surface area contributed by atoms with Gasteiger partial charge in [-0.3, -0.25) is 0 Å². The van der Waals surface area contributed by atoms with Gasteiger partial charge in [0.15, 0.2) is 0 Å². The molecule has 2 N–H and O–H groups in total. The molecule has 8 heteroatoms. The van der Waals surface area contributed by atoms with E-state index in [2.05, 4.69) is 214 Å². The zero-order valence-corrected chi connectivity index (χ0v) is 46.0. The van der Waals surface area contributed by atoms with Crippen molar-refractivity contribution in [3.63, 3.8) is 0 Å². The first-order chi connectivity index (χ1) is 34.0. The van der Waals surface area contributed by atoms with E-state index in [-0.39, 0.29) is 34.1 Å². The smallest absolute Gasteiger partial charge is 0.261 e. The fraction of sp³-hybridized carbons (Fsp3) is 0.397. The maximum Gasteiger partial charge on any atom is 0.261 e. The van der Waals surface area contributed by atoms with E-state index in [0.717, 1.165) is 21.5 Å². The molecule has 0 aliphatic rings. The summed E-state index contributed by atoms with van der Waals surface area (Å²) in [5.41, 5.74) is 2.25. The predicted molar refractivity (Wildman–Crippen MR) is 300 cm³/mol. The average Bonchev–Trinajstić information content (AvgIpc) is 3.36. The van der Waals surface area contributed by atoms with Crippen LogP contribution in [0.25, 0.3) is 0 Å². The quantitative estimate of drug-likeness (QED) is 0.0320. The van der Waals surface area contributed by atoms with Crippen molar-refractivity contribution in [3.8, 4) is 0 Å². The summed E-state index contributed by atoms with van der Waals surface area (Å²) in [7, 11) is -6.16. The third-order valence-electron chi connectivity index (χ3n) is 13.9. The van der Waals surface area contributed by atoms with Crippen LogP contribution in [0.5, 0.6) is 0 Å². The Kier molecular flexibility index (Phi) is 20.6. The molecule has 0 aliphatic heterocycles. The molecule has 0 amide bonds. The molecule has 71 heavy (non-hydrogen) atoms. The lowest BCUT2D eigenvalue weighted by Crippen LogP contribution is -2.68. The van der Waals surface area contributed by atoms with Crippen molar-refractivity contribution < 1.29 is 28.5 Å². The Morgan fingerprint density at radius 2 is 0.831 bits per heavy atom. The summed E-state index contributed by atoms with van der Waals surface area (Å²) in [4.78, 5) is 0. The lowest BCUT2D eigenvalue weighted by molar-refractivity contribution is -0.0120. The highest BCUT2D eigenvalue weighted by Gasteiger charge is 2.53. The van der Waals surface area contributed by atoms with Gasteiger partial charge in [-0.25, -0.2) is 0 Å². The van der Waals surface area contributed by atoms with Crippen molar-refractivity contribution in [2.45, 2.75) is 142 Å². The van der Waals surface area contributed by atoms with Crippen molar-refractivity contribution in [2.24, 2.45) is 11.8 Å². The number of benzene rings is 6. The number of hydrogen-bond acceptors (Lipinski definition) is 6. The summed E-state index contributed by atoms with van der Waals surface area (Å²) >= 11 is 0. The van der Waals surface area contributed by atoms with Gasteiger partial charge in [0, 0.05) is 18.9 Å². The van der Waals surface area contributed by atoms with E-state index >= 15 is 0 Å². The van der Waals surface area contributed by atoms with Crippen LogP contribution < -0.4 is 20.7 Å². The molecule has 0 radical (unpaired) electrons. The van der Waals surface area contributed by atoms with Crippen LogP contribution >= 0.6 is 0 Å². The third kappa shape index (κ3) is 14.9. The van der Waals surface area contributed by atoms with Crippen LogP contribution in [0, 0.1) is 11.8 Å². The Morgan fingerprint density at radius 1 is 0.465 bits per heavy atom. The molecule has 0 saturated carbocycles. The van der Waals surface area contributed by atoms with Gasteiger partial charge in [-0.15, -0.1) is 0 Å². The summed E-state index contributed by atoms with van der Waals surface area (Å²) in [6, 6.07) is 63.2. The summed E-state index contributed by atoms with van der Waals surface area (Å²) in [6.07, 6.45) is 2.94. The second-order valence-electron chi connectivity index (χ2n) is 21.8. The van der Waals surface area contributed by atoms with Gasteiger partial charge in [-0.05, 0) is 67.1 Å². The average molecular weight is 992 g/mol. The number of aliphatic hydroxyl groups excluding tert-OH is 2. The van der Waals surface area contributed by atoms with Crippen molar-refractivity contribution in [1.82, 2.24) is 0 Å². The summed E-state index contributed by atoms with van der Waals surface area (Å²) in [5.74, 6) is 0.304. The van der Waals surface area contributed by atoms with Crippen LogP contribution in [0.1, 0.15) is 99.1 Å². The standard InChI is InChI=1S/C63H82O6Si2/c1-49(2)61(67-48-52-30-18-11-19-31-52)50(3)40-41-53(64)44-56(69-71(63(7,8)9,59-36-24-14-25-37-59)60-38-26-15-27-39-60)46-54(65)45-55(42-43-66-47-51-28-16-10-17-29-51)68-70(62(4,5)6,57-32-20-12-21-33-57)58-34-22-13-23-35-58/h10-41,49-50,53-56,61,64-65H,42-48H2,1-9H3/b41-40+/t50-,53-,54-,55-,56-,61-/m0/s1. The van der Waals surface area contributed by atoms with Crippen LogP contribution in [0.4, 0.5) is 0 Å². The Balaban J connectivity index is 1.35. The summed E-state index contributed by atoms with van der Waals surface area (Å²) < 4.78 is 28.5. The van der Waals surface area contributed by atoms with E-state index in [1.54, 1.807) is 0 Å². The largest absolute Gasteiger partial charge is 0.404 e. The predicted octanol–water partition coefficient (Wildman–Crippen LogP) is 11.8. The van der Waals surface area contributed by atoms with Crippen molar-refractivity contribution in [3.05, 3.63) is 205 Å². The van der Waals surface area contributed by atoms with E-state index in [4.69, 9.17) is 18.3 Å². The van der Waals surface area contributed by atoms with E-state index in [1.807, 2.05) is 42.5 Å².